The molecule has 0 unspecified atom stereocenters. The fourth-order valence-corrected chi connectivity index (χ4v) is 5.64. The fraction of sp³-hybridized carbons (Fsp3) is 0.708. The van der Waals surface area contributed by atoms with Crippen LogP contribution in [-0.2, 0) is 24.3 Å². The van der Waals surface area contributed by atoms with Crippen molar-refractivity contribution in [3.05, 3.63) is 28.5 Å². The Labute approximate surface area is 203 Å². The molecule has 0 saturated heterocycles. The highest BCUT2D eigenvalue weighted by molar-refractivity contribution is 7.13. The molecule has 0 atom stereocenters. The number of alkyl halides is 2. The molecular weight excluding hydrogens is 460 g/mol. The smallest absolute Gasteiger partial charge is 0.278 e. The van der Waals surface area contributed by atoms with Gasteiger partial charge in [-0.2, -0.15) is 5.10 Å². The fourth-order valence-electron chi connectivity index (χ4n) is 4.73. The number of carbonyl (C=O) groups excluding carboxylic acids is 1. The summed E-state index contributed by atoms with van der Waals surface area (Å²) in [5.41, 5.74) is 1.94. The van der Waals surface area contributed by atoms with Crippen LogP contribution >= 0.6 is 11.3 Å². The van der Waals surface area contributed by atoms with Crippen LogP contribution in [0.15, 0.2) is 12.3 Å². The number of carbonyl (C=O) groups is 1. The molecule has 2 aromatic heterocycles. The van der Waals surface area contributed by atoms with Crippen molar-refractivity contribution in [3.63, 3.8) is 0 Å². The van der Waals surface area contributed by atoms with Crippen LogP contribution in [0.5, 0.6) is 5.19 Å². The van der Waals surface area contributed by atoms with E-state index in [9.17, 15) is 13.6 Å². The summed E-state index contributed by atoms with van der Waals surface area (Å²) in [7, 11) is 0. The molecule has 1 fully saturated rings. The van der Waals surface area contributed by atoms with Gasteiger partial charge in [0.25, 0.3) is 11.1 Å². The maximum atomic E-state index is 13.0. The van der Waals surface area contributed by atoms with Gasteiger partial charge in [0.1, 0.15) is 0 Å². The molecule has 34 heavy (non-hydrogen) atoms. The third-order valence-corrected chi connectivity index (χ3v) is 7.71. The van der Waals surface area contributed by atoms with Gasteiger partial charge < -0.3 is 10.1 Å². The standard InChI is InChI=1S/C24H35F2N5O2S/c1-17-7-13-31(29-17)14-10-22(32)27-19-5-3-18(4-6-19)8-11-30-12-9-21-20(15-30)28-23(34-21)33-16-24(2,25)26/h7,13,18-19H,3-6,8-12,14-16H2,1-2H3,(H,27,32). The van der Waals surface area contributed by atoms with Crippen LogP contribution in [0, 0.1) is 12.8 Å². The Bertz CT molecular complexity index is 950. The lowest BCUT2D eigenvalue weighted by Crippen LogP contribution is -2.38. The lowest BCUT2D eigenvalue weighted by atomic mass is 9.84. The number of nitrogens with one attached hydrogen (secondary N) is 1. The SMILES string of the molecule is Cc1ccn(CCC(=O)NC2CCC(CCN3CCc4sc(OCC(C)(F)F)nc4C3)CC2)n1. The summed E-state index contributed by atoms with van der Waals surface area (Å²) in [6.07, 6.45) is 8.77. The van der Waals surface area contributed by atoms with Crippen LogP contribution < -0.4 is 10.1 Å². The molecule has 1 amide bonds. The zero-order valence-corrected chi connectivity index (χ0v) is 20.9. The predicted octanol–water partition coefficient (Wildman–Crippen LogP) is 4.20. The van der Waals surface area contributed by atoms with Crippen molar-refractivity contribution < 1.29 is 18.3 Å². The predicted molar refractivity (Wildman–Crippen MR) is 127 cm³/mol. The van der Waals surface area contributed by atoms with Crippen molar-refractivity contribution in [2.24, 2.45) is 5.92 Å². The van der Waals surface area contributed by atoms with E-state index in [0.29, 0.717) is 24.1 Å². The van der Waals surface area contributed by atoms with E-state index in [1.807, 2.05) is 23.9 Å². The van der Waals surface area contributed by atoms with Crippen molar-refractivity contribution in [2.75, 3.05) is 19.7 Å². The number of rotatable bonds is 10. The average molecular weight is 496 g/mol. The van der Waals surface area contributed by atoms with E-state index >= 15 is 0 Å². The summed E-state index contributed by atoms with van der Waals surface area (Å²) in [5, 5.41) is 7.88. The number of amides is 1. The first-order valence-corrected chi connectivity index (χ1v) is 13.1. The van der Waals surface area contributed by atoms with Gasteiger partial charge in [-0.15, -0.1) is 0 Å². The van der Waals surface area contributed by atoms with Crippen LogP contribution in [0.2, 0.25) is 0 Å². The number of aromatic nitrogens is 3. The minimum Gasteiger partial charge on any atom is -0.464 e. The zero-order chi connectivity index (χ0) is 24.1. The zero-order valence-electron chi connectivity index (χ0n) is 20.1. The van der Waals surface area contributed by atoms with E-state index in [-0.39, 0.29) is 11.9 Å². The number of hydrogen-bond donors (Lipinski definition) is 1. The lowest BCUT2D eigenvalue weighted by molar-refractivity contribution is -0.122. The molecule has 0 bridgehead atoms. The number of thiazole rings is 1. The Kier molecular flexibility index (Phi) is 8.18. The second-order valence-corrected chi connectivity index (χ2v) is 10.8. The first kappa shape index (κ1) is 25.0. The molecule has 4 rings (SSSR count). The van der Waals surface area contributed by atoms with Gasteiger partial charge >= 0.3 is 0 Å². The van der Waals surface area contributed by atoms with Crippen molar-refractivity contribution in [2.45, 2.75) is 83.8 Å². The second kappa shape index (κ2) is 11.1. The first-order chi connectivity index (χ1) is 16.2. The molecule has 188 valence electrons. The topological polar surface area (TPSA) is 72.3 Å². The number of nitrogens with zero attached hydrogens (tertiary/aromatic N) is 4. The molecule has 1 aliphatic carbocycles. The Morgan fingerprint density at radius 2 is 2.09 bits per heavy atom. The number of aryl methyl sites for hydroxylation is 2. The van der Waals surface area contributed by atoms with Gasteiger partial charge in [-0.3, -0.25) is 14.4 Å². The summed E-state index contributed by atoms with van der Waals surface area (Å²) >= 11 is 1.40. The quantitative estimate of drug-likeness (QED) is 0.535. The highest BCUT2D eigenvalue weighted by Gasteiger charge is 2.27. The summed E-state index contributed by atoms with van der Waals surface area (Å²) in [6, 6.07) is 2.23. The first-order valence-electron chi connectivity index (χ1n) is 12.2. The maximum absolute atomic E-state index is 13.0. The van der Waals surface area contributed by atoms with Crippen LogP contribution in [0.25, 0.3) is 0 Å². The minimum absolute atomic E-state index is 0.106. The molecule has 1 N–H and O–H groups in total. The third kappa shape index (κ3) is 7.46. The van der Waals surface area contributed by atoms with Crippen LogP contribution in [0.1, 0.15) is 61.7 Å². The van der Waals surface area contributed by atoms with Gasteiger partial charge in [0.05, 0.1) is 11.4 Å². The van der Waals surface area contributed by atoms with Crippen LogP contribution in [0.3, 0.4) is 0 Å². The van der Waals surface area contributed by atoms with Crippen molar-refractivity contribution in [3.8, 4) is 5.19 Å². The van der Waals surface area contributed by atoms with Gasteiger partial charge in [0.15, 0.2) is 6.61 Å². The molecular formula is C24H35F2N5O2S. The van der Waals surface area contributed by atoms with E-state index in [1.54, 1.807) is 0 Å². The molecule has 3 heterocycles. The Morgan fingerprint density at radius 1 is 1.29 bits per heavy atom. The van der Waals surface area contributed by atoms with Crippen molar-refractivity contribution in [1.82, 2.24) is 25.0 Å². The molecule has 0 aromatic carbocycles. The highest BCUT2D eigenvalue weighted by Crippen LogP contribution is 2.32. The number of hydrogen-bond acceptors (Lipinski definition) is 6. The summed E-state index contributed by atoms with van der Waals surface area (Å²) in [4.78, 5) is 20.3. The van der Waals surface area contributed by atoms with E-state index in [2.05, 4.69) is 20.3 Å². The number of fused-ring (bicyclic) bond motifs is 1. The van der Waals surface area contributed by atoms with E-state index in [4.69, 9.17) is 4.74 Å². The highest BCUT2D eigenvalue weighted by atomic mass is 32.1. The van der Waals surface area contributed by atoms with Gasteiger partial charge in [0.2, 0.25) is 5.91 Å². The summed E-state index contributed by atoms with van der Waals surface area (Å²) in [5.74, 6) is -2.06. The van der Waals surface area contributed by atoms with Gasteiger partial charge in [-0.25, -0.2) is 13.8 Å². The Morgan fingerprint density at radius 3 is 2.79 bits per heavy atom. The second-order valence-electron chi connectivity index (χ2n) is 9.78. The van der Waals surface area contributed by atoms with Crippen molar-refractivity contribution >= 4 is 17.2 Å². The minimum atomic E-state index is -2.85. The largest absolute Gasteiger partial charge is 0.464 e. The normalized spacial score (nSPS) is 21.3. The molecule has 7 nitrogen and oxygen atoms in total. The number of ether oxygens (including phenoxy) is 1. The van der Waals surface area contributed by atoms with E-state index < -0.39 is 12.5 Å². The van der Waals surface area contributed by atoms with Crippen molar-refractivity contribution in [1.29, 1.82) is 0 Å². The third-order valence-electron chi connectivity index (χ3n) is 6.64. The molecule has 1 aliphatic heterocycles. The Balaban J connectivity index is 1.12. The monoisotopic (exact) mass is 495 g/mol. The van der Waals surface area contributed by atoms with Gasteiger partial charge in [0, 0.05) is 50.1 Å². The molecule has 2 aliphatic rings. The van der Waals surface area contributed by atoms with Crippen LogP contribution in [-0.4, -0.2) is 57.2 Å². The van der Waals surface area contributed by atoms with Crippen LogP contribution in [0.4, 0.5) is 8.78 Å². The van der Waals surface area contributed by atoms with E-state index in [0.717, 1.165) is 81.3 Å². The molecule has 0 radical (unpaired) electrons. The van der Waals surface area contributed by atoms with Gasteiger partial charge in [-0.1, -0.05) is 11.3 Å². The summed E-state index contributed by atoms with van der Waals surface area (Å²) < 4.78 is 33.1. The summed E-state index contributed by atoms with van der Waals surface area (Å²) in [6.45, 7) is 5.54. The number of halogens is 2. The maximum Gasteiger partial charge on any atom is 0.278 e. The lowest BCUT2D eigenvalue weighted by Gasteiger charge is -2.32. The van der Waals surface area contributed by atoms with E-state index in [1.165, 1.54) is 11.3 Å². The molecule has 2 aromatic rings. The molecule has 10 heteroatoms. The Hall–Kier alpha value is -2.07. The molecule has 1 saturated carbocycles. The van der Waals surface area contributed by atoms with Gasteiger partial charge in [-0.05, 0) is 64.0 Å². The molecule has 0 spiro atoms. The average Bonchev–Trinajstić information content (AvgIpc) is 3.40.